The first-order valence-electron chi connectivity index (χ1n) is 8.27. The maximum atomic E-state index is 12.6. The Morgan fingerprint density at radius 3 is 2.24 bits per heavy atom. The monoisotopic (exact) mass is 357 g/mol. The maximum absolute atomic E-state index is 12.6. The van der Waals surface area contributed by atoms with Gasteiger partial charge in [0.15, 0.2) is 0 Å². The fourth-order valence-electron chi connectivity index (χ4n) is 2.41. The van der Waals surface area contributed by atoms with Crippen molar-refractivity contribution in [2.45, 2.75) is 37.0 Å². The first-order valence-corrected chi connectivity index (χ1v) is 9.25. The summed E-state index contributed by atoms with van der Waals surface area (Å²) in [6.45, 7) is 4.00. The van der Waals surface area contributed by atoms with Crippen LogP contribution in [0.4, 0.5) is 0 Å². The Bertz CT molecular complexity index is 699. The van der Waals surface area contributed by atoms with Crippen LogP contribution in [0.3, 0.4) is 0 Å². The highest BCUT2D eigenvalue weighted by atomic mass is 32.2. The van der Waals surface area contributed by atoms with Gasteiger partial charge in [0, 0.05) is 28.8 Å². The molecule has 2 rings (SSSR count). The van der Waals surface area contributed by atoms with Gasteiger partial charge in [-0.1, -0.05) is 30.3 Å². The third kappa shape index (κ3) is 5.94. The van der Waals surface area contributed by atoms with Crippen molar-refractivity contribution < 1.29 is 14.7 Å². The number of nitrogens with zero attached hydrogens (tertiary/aromatic N) is 1. The van der Waals surface area contributed by atoms with Gasteiger partial charge in [0.25, 0.3) is 5.91 Å². The summed E-state index contributed by atoms with van der Waals surface area (Å²) in [6.07, 6.45) is -0.0467. The minimum Gasteiger partial charge on any atom is -0.481 e. The van der Waals surface area contributed by atoms with E-state index in [9.17, 15) is 9.59 Å². The molecule has 0 atom stereocenters. The van der Waals surface area contributed by atoms with Gasteiger partial charge in [-0.15, -0.1) is 11.8 Å². The predicted octanol–water partition coefficient (Wildman–Crippen LogP) is 4.30. The summed E-state index contributed by atoms with van der Waals surface area (Å²) in [5.41, 5.74) is 1.84. The largest absolute Gasteiger partial charge is 0.481 e. The molecule has 0 radical (unpaired) electrons. The highest BCUT2D eigenvalue weighted by Crippen LogP contribution is 2.23. The molecule has 0 aliphatic carbocycles. The molecular formula is C20H23NO3S. The van der Waals surface area contributed by atoms with Gasteiger partial charge in [-0.05, 0) is 43.7 Å². The maximum Gasteiger partial charge on any atom is 0.305 e. The van der Waals surface area contributed by atoms with E-state index in [0.717, 1.165) is 10.6 Å². The smallest absolute Gasteiger partial charge is 0.305 e. The standard InChI is InChI=1S/C20H23NO3S/c1-15(2)21(13-12-19(22)23)20(24)17-8-10-18(11-9-17)25-14-16-6-4-3-5-7-16/h3-11,15H,12-14H2,1-2H3,(H,22,23). The van der Waals surface area contributed by atoms with Gasteiger partial charge < -0.3 is 10.0 Å². The molecule has 2 aromatic carbocycles. The Hall–Kier alpha value is -2.27. The van der Waals surface area contributed by atoms with Gasteiger partial charge >= 0.3 is 5.97 Å². The van der Waals surface area contributed by atoms with Crippen LogP contribution in [0.15, 0.2) is 59.5 Å². The quantitative estimate of drug-likeness (QED) is 0.716. The molecule has 0 spiro atoms. The summed E-state index contributed by atoms with van der Waals surface area (Å²) in [5.74, 6) is -0.146. The lowest BCUT2D eigenvalue weighted by Crippen LogP contribution is -2.38. The first-order chi connectivity index (χ1) is 12.0. The van der Waals surface area contributed by atoms with E-state index in [0.29, 0.717) is 5.56 Å². The first kappa shape index (κ1) is 19.1. The number of thioether (sulfide) groups is 1. The number of hydrogen-bond acceptors (Lipinski definition) is 3. The highest BCUT2D eigenvalue weighted by Gasteiger charge is 2.19. The van der Waals surface area contributed by atoms with E-state index in [1.165, 1.54) is 5.56 Å². The molecule has 0 saturated carbocycles. The molecule has 25 heavy (non-hydrogen) atoms. The molecule has 0 saturated heterocycles. The zero-order chi connectivity index (χ0) is 18.2. The number of benzene rings is 2. The molecule has 4 nitrogen and oxygen atoms in total. The van der Waals surface area contributed by atoms with Crippen LogP contribution in [0.25, 0.3) is 0 Å². The fraction of sp³-hybridized carbons (Fsp3) is 0.300. The minimum atomic E-state index is -0.897. The van der Waals surface area contributed by atoms with E-state index < -0.39 is 5.97 Å². The van der Waals surface area contributed by atoms with Crippen LogP contribution in [0.5, 0.6) is 0 Å². The Kier molecular flexibility index (Phi) is 7.07. The summed E-state index contributed by atoms with van der Waals surface area (Å²) in [6, 6.07) is 17.7. The second kappa shape index (κ2) is 9.28. The van der Waals surface area contributed by atoms with E-state index in [4.69, 9.17) is 5.11 Å². The third-order valence-corrected chi connectivity index (χ3v) is 4.88. The number of aliphatic carboxylic acids is 1. The number of amides is 1. The lowest BCUT2D eigenvalue weighted by atomic mass is 10.1. The lowest BCUT2D eigenvalue weighted by molar-refractivity contribution is -0.137. The summed E-state index contributed by atoms with van der Waals surface area (Å²) in [5, 5.41) is 8.85. The summed E-state index contributed by atoms with van der Waals surface area (Å²) >= 11 is 1.72. The minimum absolute atomic E-state index is 0.0426. The Labute approximate surface area is 152 Å². The number of carboxylic acid groups (broad SMARTS) is 1. The SMILES string of the molecule is CC(C)N(CCC(=O)O)C(=O)c1ccc(SCc2ccccc2)cc1. The topological polar surface area (TPSA) is 57.6 Å². The number of hydrogen-bond donors (Lipinski definition) is 1. The Balaban J connectivity index is 1.99. The van der Waals surface area contributed by atoms with Gasteiger partial charge in [0.05, 0.1) is 6.42 Å². The molecular weight excluding hydrogens is 334 g/mol. The third-order valence-electron chi connectivity index (χ3n) is 3.80. The van der Waals surface area contributed by atoms with Crippen molar-refractivity contribution in [2.75, 3.05) is 6.54 Å². The van der Waals surface area contributed by atoms with Crippen LogP contribution >= 0.6 is 11.8 Å². The van der Waals surface area contributed by atoms with Gasteiger partial charge in [-0.25, -0.2) is 0 Å². The normalized spacial score (nSPS) is 10.7. The number of rotatable bonds is 8. The number of carbonyl (C=O) groups excluding carboxylic acids is 1. The Morgan fingerprint density at radius 1 is 1.04 bits per heavy atom. The molecule has 1 N–H and O–H groups in total. The molecule has 0 bridgehead atoms. The molecule has 0 aliphatic heterocycles. The molecule has 5 heteroatoms. The van der Waals surface area contributed by atoms with Crippen molar-refractivity contribution in [2.24, 2.45) is 0 Å². The molecule has 1 amide bonds. The van der Waals surface area contributed by atoms with Gasteiger partial charge in [0.2, 0.25) is 0 Å². The van der Waals surface area contributed by atoms with Crippen LogP contribution in [0, 0.1) is 0 Å². The molecule has 0 unspecified atom stereocenters. The Morgan fingerprint density at radius 2 is 1.68 bits per heavy atom. The van der Waals surface area contributed by atoms with Gasteiger partial charge in [-0.3, -0.25) is 9.59 Å². The highest BCUT2D eigenvalue weighted by molar-refractivity contribution is 7.98. The molecule has 0 heterocycles. The van der Waals surface area contributed by atoms with Crippen molar-refractivity contribution >= 4 is 23.6 Å². The average molecular weight is 357 g/mol. The fourth-order valence-corrected chi connectivity index (χ4v) is 3.27. The second-order valence-electron chi connectivity index (χ2n) is 6.03. The summed E-state index contributed by atoms with van der Waals surface area (Å²) < 4.78 is 0. The van der Waals surface area contributed by atoms with Gasteiger partial charge in [0.1, 0.15) is 0 Å². The van der Waals surface area contributed by atoms with Crippen LogP contribution in [0.1, 0.15) is 36.2 Å². The predicted molar refractivity (Wildman–Crippen MR) is 101 cm³/mol. The van der Waals surface area contributed by atoms with Crippen molar-refractivity contribution in [3.63, 3.8) is 0 Å². The van der Waals surface area contributed by atoms with E-state index in [-0.39, 0.29) is 24.9 Å². The number of carboxylic acids is 1. The molecule has 132 valence electrons. The van der Waals surface area contributed by atoms with Crippen LogP contribution in [-0.2, 0) is 10.5 Å². The van der Waals surface area contributed by atoms with Crippen molar-refractivity contribution in [1.29, 1.82) is 0 Å². The van der Waals surface area contributed by atoms with Crippen LogP contribution in [0.2, 0.25) is 0 Å². The van der Waals surface area contributed by atoms with Crippen molar-refractivity contribution in [1.82, 2.24) is 4.90 Å². The van der Waals surface area contributed by atoms with Crippen LogP contribution < -0.4 is 0 Å². The number of carbonyl (C=O) groups is 2. The molecule has 0 fully saturated rings. The summed E-state index contributed by atoms with van der Waals surface area (Å²) in [4.78, 5) is 26.1. The van der Waals surface area contributed by atoms with Crippen molar-refractivity contribution in [3.8, 4) is 0 Å². The van der Waals surface area contributed by atoms with Gasteiger partial charge in [-0.2, -0.15) is 0 Å². The zero-order valence-corrected chi connectivity index (χ0v) is 15.3. The lowest BCUT2D eigenvalue weighted by Gasteiger charge is -2.26. The molecule has 0 aromatic heterocycles. The second-order valence-corrected chi connectivity index (χ2v) is 7.08. The molecule has 2 aromatic rings. The van der Waals surface area contributed by atoms with E-state index in [1.807, 2.05) is 56.3 Å². The zero-order valence-electron chi connectivity index (χ0n) is 14.5. The van der Waals surface area contributed by atoms with Crippen molar-refractivity contribution in [3.05, 3.63) is 65.7 Å². The van der Waals surface area contributed by atoms with E-state index in [1.54, 1.807) is 16.7 Å². The summed E-state index contributed by atoms with van der Waals surface area (Å²) in [7, 11) is 0. The molecule has 0 aliphatic rings. The van der Waals surface area contributed by atoms with E-state index in [2.05, 4.69) is 12.1 Å². The van der Waals surface area contributed by atoms with Crippen LogP contribution in [-0.4, -0.2) is 34.5 Å². The average Bonchev–Trinajstić information content (AvgIpc) is 2.60. The van der Waals surface area contributed by atoms with E-state index >= 15 is 0 Å².